The molecular weight excluding hydrogens is 312 g/mol. The minimum atomic E-state index is 0.0773. The van der Waals surface area contributed by atoms with Crippen molar-refractivity contribution < 1.29 is 4.79 Å². The number of carbonyl (C=O) groups is 1. The molecule has 6 heteroatoms. The van der Waals surface area contributed by atoms with Crippen LogP contribution in [0, 0.1) is 0 Å². The third-order valence-electron chi connectivity index (χ3n) is 3.96. The van der Waals surface area contributed by atoms with Gasteiger partial charge in [-0.25, -0.2) is 9.97 Å². The lowest BCUT2D eigenvalue weighted by Gasteiger charge is -2.29. The Labute approximate surface area is 140 Å². The van der Waals surface area contributed by atoms with Crippen LogP contribution in [-0.2, 0) is 17.8 Å². The highest BCUT2D eigenvalue weighted by atomic mass is 35.5. The maximum absolute atomic E-state index is 11.7. The molecule has 2 heterocycles. The van der Waals surface area contributed by atoms with E-state index >= 15 is 0 Å². The molecule has 0 fully saturated rings. The molecule has 1 aliphatic rings. The second-order valence-electron chi connectivity index (χ2n) is 5.55. The molecule has 0 aliphatic carbocycles. The van der Waals surface area contributed by atoms with Gasteiger partial charge in [0.15, 0.2) is 0 Å². The zero-order chi connectivity index (χ0) is 16.4. The highest BCUT2D eigenvalue weighted by Crippen LogP contribution is 2.30. The molecule has 120 valence electrons. The number of nitrogens with one attached hydrogen (secondary N) is 1. The van der Waals surface area contributed by atoms with Crippen molar-refractivity contribution in [3.63, 3.8) is 0 Å². The summed E-state index contributed by atoms with van der Waals surface area (Å²) in [7, 11) is 0. The predicted molar refractivity (Wildman–Crippen MR) is 91.4 cm³/mol. The number of halogens is 1. The van der Waals surface area contributed by atoms with Crippen molar-refractivity contribution in [1.29, 1.82) is 0 Å². The Kier molecular flexibility index (Phi) is 4.48. The van der Waals surface area contributed by atoms with Crippen LogP contribution in [0.15, 0.2) is 24.3 Å². The SMILES string of the molecule is CCNc1nc2c(c(-c3ccc(Cl)cc3)n1)CN(C(C)=O)CC2. The van der Waals surface area contributed by atoms with Gasteiger partial charge in [0.05, 0.1) is 11.4 Å². The van der Waals surface area contributed by atoms with Crippen LogP contribution in [0.5, 0.6) is 0 Å². The number of benzene rings is 1. The lowest BCUT2D eigenvalue weighted by atomic mass is 9.99. The first-order valence-electron chi connectivity index (χ1n) is 7.73. The molecule has 5 nitrogen and oxygen atoms in total. The number of anilines is 1. The first kappa shape index (κ1) is 15.7. The summed E-state index contributed by atoms with van der Waals surface area (Å²) < 4.78 is 0. The topological polar surface area (TPSA) is 58.1 Å². The molecule has 23 heavy (non-hydrogen) atoms. The molecule has 1 amide bonds. The minimum Gasteiger partial charge on any atom is -0.354 e. The Bertz CT molecular complexity index is 730. The van der Waals surface area contributed by atoms with Gasteiger partial charge in [-0.15, -0.1) is 0 Å². The number of hydrogen-bond acceptors (Lipinski definition) is 4. The van der Waals surface area contributed by atoms with E-state index in [2.05, 4.69) is 15.3 Å². The lowest BCUT2D eigenvalue weighted by molar-refractivity contribution is -0.129. The second kappa shape index (κ2) is 6.54. The smallest absolute Gasteiger partial charge is 0.223 e. The van der Waals surface area contributed by atoms with E-state index < -0.39 is 0 Å². The van der Waals surface area contributed by atoms with Crippen molar-refractivity contribution in [2.24, 2.45) is 0 Å². The van der Waals surface area contributed by atoms with Crippen LogP contribution in [0.4, 0.5) is 5.95 Å². The first-order valence-corrected chi connectivity index (χ1v) is 8.11. The van der Waals surface area contributed by atoms with Gasteiger partial charge in [-0.05, 0) is 19.1 Å². The maximum Gasteiger partial charge on any atom is 0.223 e. The molecule has 0 atom stereocenters. The summed E-state index contributed by atoms with van der Waals surface area (Å²) in [5.41, 5.74) is 3.89. The van der Waals surface area contributed by atoms with Crippen LogP contribution in [0.25, 0.3) is 11.3 Å². The van der Waals surface area contributed by atoms with Crippen molar-refractivity contribution in [1.82, 2.24) is 14.9 Å². The molecule has 1 aromatic carbocycles. The van der Waals surface area contributed by atoms with E-state index in [0.717, 1.165) is 35.5 Å². The van der Waals surface area contributed by atoms with Crippen molar-refractivity contribution in [2.75, 3.05) is 18.4 Å². The molecule has 0 bridgehead atoms. The summed E-state index contributed by atoms with van der Waals surface area (Å²) in [5, 5.41) is 3.87. The molecule has 0 radical (unpaired) electrons. The van der Waals surface area contributed by atoms with Gasteiger partial charge in [-0.1, -0.05) is 23.7 Å². The van der Waals surface area contributed by atoms with Gasteiger partial charge in [0, 0.05) is 49.1 Å². The number of amides is 1. The van der Waals surface area contributed by atoms with Crippen LogP contribution in [-0.4, -0.2) is 33.9 Å². The van der Waals surface area contributed by atoms with E-state index in [0.29, 0.717) is 24.1 Å². The molecule has 1 aliphatic heterocycles. The van der Waals surface area contributed by atoms with Crippen molar-refractivity contribution >= 4 is 23.5 Å². The van der Waals surface area contributed by atoms with Gasteiger partial charge in [-0.2, -0.15) is 0 Å². The van der Waals surface area contributed by atoms with Crippen molar-refractivity contribution in [3.05, 3.63) is 40.5 Å². The summed E-state index contributed by atoms with van der Waals surface area (Å²) in [6.07, 6.45) is 0.746. The Balaban J connectivity index is 2.10. The van der Waals surface area contributed by atoms with E-state index in [-0.39, 0.29) is 5.91 Å². The molecule has 0 unspecified atom stereocenters. The number of fused-ring (bicyclic) bond motifs is 1. The average molecular weight is 331 g/mol. The fourth-order valence-corrected chi connectivity index (χ4v) is 2.89. The number of rotatable bonds is 3. The standard InChI is InChI=1S/C17H19ClN4O/c1-3-19-17-20-15-8-9-22(11(2)23)10-14(15)16(21-17)12-4-6-13(18)7-5-12/h4-7H,3,8-10H2,1-2H3,(H,19,20,21). The predicted octanol–water partition coefficient (Wildman–Crippen LogP) is 3.13. The third kappa shape index (κ3) is 3.29. The fraction of sp³-hybridized carbons (Fsp3) is 0.353. The quantitative estimate of drug-likeness (QED) is 0.939. The number of hydrogen-bond donors (Lipinski definition) is 1. The van der Waals surface area contributed by atoms with Crippen LogP contribution in [0.1, 0.15) is 25.1 Å². The molecule has 0 saturated carbocycles. The van der Waals surface area contributed by atoms with Gasteiger partial charge >= 0.3 is 0 Å². The van der Waals surface area contributed by atoms with E-state index in [4.69, 9.17) is 11.6 Å². The fourth-order valence-electron chi connectivity index (χ4n) is 2.77. The summed E-state index contributed by atoms with van der Waals surface area (Å²) in [5.74, 6) is 0.709. The number of carbonyl (C=O) groups excluding carboxylic acids is 1. The average Bonchev–Trinajstić information content (AvgIpc) is 2.54. The van der Waals surface area contributed by atoms with Crippen LogP contribution < -0.4 is 5.32 Å². The highest BCUT2D eigenvalue weighted by molar-refractivity contribution is 6.30. The Morgan fingerprint density at radius 3 is 2.70 bits per heavy atom. The summed E-state index contributed by atoms with van der Waals surface area (Å²) in [6, 6.07) is 7.61. The van der Waals surface area contributed by atoms with Crippen LogP contribution in [0.3, 0.4) is 0 Å². The summed E-state index contributed by atoms with van der Waals surface area (Å²) >= 11 is 5.99. The zero-order valence-electron chi connectivity index (χ0n) is 13.3. The van der Waals surface area contributed by atoms with Gasteiger partial charge < -0.3 is 10.2 Å². The summed E-state index contributed by atoms with van der Waals surface area (Å²) in [6.45, 7) is 5.63. The first-order chi connectivity index (χ1) is 11.1. The molecule has 1 N–H and O–H groups in total. The molecule has 0 spiro atoms. The molecule has 3 rings (SSSR count). The Morgan fingerprint density at radius 1 is 1.30 bits per heavy atom. The highest BCUT2D eigenvalue weighted by Gasteiger charge is 2.24. The van der Waals surface area contributed by atoms with E-state index in [1.54, 1.807) is 6.92 Å². The van der Waals surface area contributed by atoms with Crippen LogP contribution in [0.2, 0.25) is 5.02 Å². The van der Waals surface area contributed by atoms with Gasteiger partial charge in [0.25, 0.3) is 0 Å². The molecule has 1 aromatic heterocycles. The third-order valence-corrected chi connectivity index (χ3v) is 4.21. The monoisotopic (exact) mass is 330 g/mol. The van der Waals surface area contributed by atoms with E-state index in [1.807, 2.05) is 36.1 Å². The summed E-state index contributed by atoms with van der Waals surface area (Å²) in [4.78, 5) is 22.8. The van der Waals surface area contributed by atoms with Gasteiger partial charge in [-0.3, -0.25) is 4.79 Å². The second-order valence-corrected chi connectivity index (χ2v) is 5.99. The van der Waals surface area contributed by atoms with E-state index in [1.165, 1.54) is 0 Å². The van der Waals surface area contributed by atoms with Crippen LogP contribution >= 0.6 is 11.6 Å². The minimum absolute atomic E-state index is 0.0773. The molecule has 0 saturated heterocycles. The number of aromatic nitrogens is 2. The Morgan fingerprint density at radius 2 is 2.04 bits per heavy atom. The normalized spacial score (nSPS) is 13.6. The van der Waals surface area contributed by atoms with Crippen molar-refractivity contribution in [3.8, 4) is 11.3 Å². The van der Waals surface area contributed by atoms with Crippen molar-refractivity contribution in [2.45, 2.75) is 26.8 Å². The molecular formula is C17H19ClN4O. The maximum atomic E-state index is 11.7. The lowest BCUT2D eigenvalue weighted by Crippen LogP contribution is -2.35. The molecule has 2 aromatic rings. The van der Waals surface area contributed by atoms with E-state index in [9.17, 15) is 4.79 Å². The zero-order valence-corrected chi connectivity index (χ0v) is 14.0. The van der Waals surface area contributed by atoms with Gasteiger partial charge in [0.1, 0.15) is 0 Å². The number of nitrogens with zero attached hydrogens (tertiary/aromatic N) is 3. The Hall–Kier alpha value is -2.14. The largest absolute Gasteiger partial charge is 0.354 e. The van der Waals surface area contributed by atoms with Gasteiger partial charge in [0.2, 0.25) is 11.9 Å².